The Bertz CT molecular complexity index is 712. The van der Waals surface area contributed by atoms with Gasteiger partial charge in [0.15, 0.2) is 0 Å². The number of rotatable bonds is 3. The van der Waals surface area contributed by atoms with Crippen LogP contribution in [-0.4, -0.2) is 6.21 Å². The molecule has 0 saturated heterocycles. The van der Waals surface area contributed by atoms with Crippen LogP contribution in [0.5, 0.6) is 0 Å². The minimum absolute atomic E-state index is 0.0950. The van der Waals surface area contributed by atoms with Gasteiger partial charge in [0.25, 0.3) is 0 Å². The van der Waals surface area contributed by atoms with Gasteiger partial charge < -0.3 is 0 Å². The number of hydrogen-bond acceptors (Lipinski definition) is 1. The van der Waals surface area contributed by atoms with Gasteiger partial charge in [-0.05, 0) is 56.0 Å². The molecule has 0 heterocycles. The molecular weight excluding hydrogens is 337 g/mol. The van der Waals surface area contributed by atoms with E-state index in [0.717, 1.165) is 11.1 Å². The molecule has 2 aromatic carbocycles. The standard InChI is InChI=1S/C18H18Cl3N/c1-10-7-11(2)15(12(3)8-10)9-22-13(4)14-5-6-16(19)18(21)17(14)20/h5-9,13H,1-4H3. The van der Waals surface area contributed by atoms with E-state index in [1.54, 1.807) is 6.07 Å². The van der Waals surface area contributed by atoms with E-state index >= 15 is 0 Å². The summed E-state index contributed by atoms with van der Waals surface area (Å²) in [5.41, 5.74) is 5.71. The third kappa shape index (κ3) is 3.65. The third-order valence-corrected chi connectivity index (χ3v) is 4.99. The molecule has 22 heavy (non-hydrogen) atoms. The molecule has 116 valence electrons. The van der Waals surface area contributed by atoms with E-state index in [9.17, 15) is 0 Å². The van der Waals surface area contributed by atoms with Crippen LogP contribution in [0.25, 0.3) is 0 Å². The lowest BCUT2D eigenvalue weighted by Crippen LogP contribution is -1.97. The molecule has 2 rings (SSSR count). The van der Waals surface area contributed by atoms with Crippen molar-refractivity contribution < 1.29 is 0 Å². The van der Waals surface area contributed by atoms with Gasteiger partial charge >= 0.3 is 0 Å². The van der Waals surface area contributed by atoms with E-state index in [4.69, 9.17) is 34.8 Å². The van der Waals surface area contributed by atoms with Crippen molar-refractivity contribution in [3.05, 3.63) is 67.2 Å². The molecule has 1 unspecified atom stereocenters. The molecule has 4 heteroatoms. The quantitative estimate of drug-likeness (QED) is 0.427. The number of halogens is 3. The average molecular weight is 355 g/mol. The summed E-state index contributed by atoms with van der Waals surface area (Å²) in [5, 5.41) is 1.30. The third-order valence-electron chi connectivity index (χ3n) is 3.68. The zero-order valence-electron chi connectivity index (χ0n) is 13.0. The molecule has 0 fully saturated rings. The van der Waals surface area contributed by atoms with Gasteiger partial charge in [-0.15, -0.1) is 0 Å². The summed E-state index contributed by atoms with van der Waals surface area (Å²) in [5.74, 6) is 0. The average Bonchev–Trinajstić information content (AvgIpc) is 2.43. The highest BCUT2D eigenvalue weighted by atomic mass is 35.5. The number of hydrogen-bond donors (Lipinski definition) is 0. The first-order valence-electron chi connectivity index (χ1n) is 7.05. The number of benzene rings is 2. The number of aryl methyl sites for hydroxylation is 3. The molecule has 0 N–H and O–H groups in total. The summed E-state index contributed by atoms with van der Waals surface area (Å²) in [6.07, 6.45) is 1.91. The fraction of sp³-hybridized carbons (Fsp3) is 0.278. The van der Waals surface area contributed by atoms with E-state index < -0.39 is 0 Å². The highest BCUT2D eigenvalue weighted by molar-refractivity contribution is 6.48. The normalized spacial score (nSPS) is 12.9. The van der Waals surface area contributed by atoms with Crippen molar-refractivity contribution in [2.24, 2.45) is 4.99 Å². The molecular formula is C18H18Cl3N. The van der Waals surface area contributed by atoms with Gasteiger partial charge in [-0.3, -0.25) is 4.99 Å². The van der Waals surface area contributed by atoms with E-state index in [1.165, 1.54) is 16.7 Å². The van der Waals surface area contributed by atoms with Crippen molar-refractivity contribution in [1.29, 1.82) is 0 Å². The summed E-state index contributed by atoms with van der Waals surface area (Å²) in [4.78, 5) is 4.64. The predicted molar refractivity (Wildman–Crippen MR) is 98.1 cm³/mol. The Morgan fingerprint density at radius 3 is 2.14 bits per heavy atom. The van der Waals surface area contributed by atoms with Gasteiger partial charge in [0.1, 0.15) is 0 Å². The first-order valence-corrected chi connectivity index (χ1v) is 8.19. The molecule has 2 aromatic rings. The fourth-order valence-electron chi connectivity index (χ4n) is 2.52. The fourth-order valence-corrected chi connectivity index (χ4v) is 3.23. The van der Waals surface area contributed by atoms with Crippen molar-refractivity contribution in [3.63, 3.8) is 0 Å². The Morgan fingerprint density at radius 2 is 1.55 bits per heavy atom. The zero-order valence-corrected chi connectivity index (χ0v) is 15.3. The van der Waals surface area contributed by atoms with Gasteiger partial charge in [-0.25, -0.2) is 0 Å². The summed E-state index contributed by atoms with van der Waals surface area (Å²) < 4.78 is 0. The minimum atomic E-state index is -0.0950. The Kier molecular flexibility index (Phi) is 5.55. The van der Waals surface area contributed by atoms with Crippen LogP contribution in [0.1, 0.15) is 40.8 Å². The van der Waals surface area contributed by atoms with Crippen LogP contribution in [0, 0.1) is 20.8 Å². The van der Waals surface area contributed by atoms with E-state index in [0.29, 0.717) is 15.1 Å². The molecule has 0 aliphatic rings. The van der Waals surface area contributed by atoms with Crippen LogP contribution in [0.15, 0.2) is 29.3 Å². The van der Waals surface area contributed by atoms with Crippen LogP contribution >= 0.6 is 34.8 Å². The van der Waals surface area contributed by atoms with Gasteiger partial charge in [-0.2, -0.15) is 0 Å². The maximum atomic E-state index is 6.27. The molecule has 0 saturated carbocycles. The van der Waals surface area contributed by atoms with Gasteiger partial charge in [-0.1, -0.05) is 58.6 Å². The minimum Gasteiger partial charge on any atom is -0.285 e. The molecule has 0 aromatic heterocycles. The second kappa shape index (κ2) is 7.04. The van der Waals surface area contributed by atoms with E-state index in [2.05, 4.69) is 37.9 Å². The molecule has 1 nitrogen and oxygen atoms in total. The van der Waals surface area contributed by atoms with Gasteiger partial charge in [0.2, 0.25) is 0 Å². The van der Waals surface area contributed by atoms with Crippen LogP contribution < -0.4 is 0 Å². The highest BCUT2D eigenvalue weighted by Gasteiger charge is 2.13. The summed E-state index contributed by atoms with van der Waals surface area (Å²) in [6.45, 7) is 8.27. The second-order valence-corrected chi connectivity index (χ2v) is 6.69. The van der Waals surface area contributed by atoms with Gasteiger partial charge in [0.05, 0.1) is 21.1 Å². The predicted octanol–water partition coefficient (Wildman–Crippen LogP) is 6.75. The molecule has 0 bridgehead atoms. The Balaban J connectivity index is 2.33. The Labute approximate surface area is 146 Å². The first-order chi connectivity index (χ1) is 10.3. The molecule has 0 aliphatic carbocycles. The maximum Gasteiger partial charge on any atom is 0.0782 e. The molecule has 0 aliphatic heterocycles. The molecule has 0 spiro atoms. The first kappa shape index (κ1) is 17.3. The van der Waals surface area contributed by atoms with Crippen LogP contribution in [-0.2, 0) is 0 Å². The summed E-state index contributed by atoms with van der Waals surface area (Å²) in [6, 6.07) is 7.84. The number of nitrogens with zero attached hydrogens (tertiary/aromatic N) is 1. The summed E-state index contributed by atoms with van der Waals surface area (Å²) >= 11 is 18.3. The van der Waals surface area contributed by atoms with Crippen LogP contribution in [0.2, 0.25) is 15.1 Å². The lowest BCUT2D eigenvalue weighted by Gasteiger charge is -2.12. The SMILES string of the molecule is Cc1cc(C)c(C=NC(C)c2ccc(Cl)c(Cl)c2Cl)c(C)c1. The maximum absolute atomic E-state index is 6.27. The largest absolute Gasteiger partial charge is 0.285 e. The van der Waals surface area contributed by atoms with Crippen molar-refractivity contribution in [3.8, 4) is 0 Å². The Morgan fingerprint density at radius 1 is 0.955 bits per heavy atom. The van der Waals surface area contributed by atoms with Gasteiger partial charge in [0, 0.05) is 6.21 Å². The van der Waals surface area contributed by atoms with Crippen LogP contribution in [0.4, 0.5) is 0 Å². The topological polar surface area (TPSA) is 12.4 Å². The van der Waals surface area contributed by atoms with Crippen molar-refractivity contribution >= 4 is 41.0 Å². The van der Waals surface area contributed by atoms with Crippen LogP contribution in [0.3, 0.4) is 0 Å². The van der Waals surface area contributed by atoms with Crippen molar-refractivity contribution in [2.45, 2.75) is 33.7 Å². The molecule has 1 atom stereocenters. The zero-order chi connectivity index (χ0) is 16.4. The molecule has 0 amide bonds. The lowest BCUT2D eigenvalue weighted by atomic mass is 10.0. The van der Waals surface area contributed by atoms with Crippen molar-refractivity contribution in [2.75, 3.05) is 0 Å². The number of aliphatic imine (C=N–C) groups is 1. The second-order valence-electron chi connectivity index (χ2n) is 5.53. The van der Waals surface area contributed by atoms with E-state index in [-0.39, 0.29) is 6.04 Å². The van der Waals surface area contributed by atoms with Crippen molar-refractivity contribution in [1.82, 2.24) is 0 Å². The highest BCUT2D eigenvalue weighted by Crippen LogP contribution is 2.36. The lowest BCUT2D eigenvalue weighted by molar-refractivity contribution is 0.825. The Hall–Kier alpha value is -1.02. The summed E-state index contributed by atoms with van der Waals surface area (Å²) in [7, 11) is 0. The van der Waals surface area contributed by atoms with E-state index in [1.807, 2.05) is 19.2 Å². The monoisotopic (exact) mass is 353 g/mol. The smallest absolute Gasteiger partial charge is 0.0782 e. The molecule has 0 radical (unpaired) electrons.